The zero-order valence-electron chi connectivity index (χ0n) is 25.9. The molecule has 0 aromatic heterocycles. The minimum Gasteiger partial charge on any atom is -0.354 e. The van der Waals surface area contributed by atoms with Crippen LogP contribution in [-0.4, -0.2) is 44.3 Å². The van der Waals surface area contributed by atoms with Crippen molar-refractivity contribution in [2.45, 2.75) is 51.1 Å². The van der Waals surface area contributed by atoms with E-state index in [1.54, 1.807) is 48.5 Å². The lowest BCUT2D eigenvalue weighted by Gasteiger charge is -2.34. The number of anilines is 1. The van der Waals surface area contributed by atoms with Crippen LogP contribution in [0, 0.1) is 5.92 Å². The number of sulfonamides is 1. The average Bonchev–Trinajstić information content (AvgIpc) is 3.05. The highest BCUT2D eigenvalue weighted by Crippen LogP contribution is 2.26. The van der Waals surface area contributed by atoms with Crippen LogP contribution in [0.5, 0.6) is 0 Å². The molecule has 9 heteroatoms. The fourth-order valence-corrected chi connectivity index (χ4v) is 6.60. The monoisotopic (exact) mass is 645 g/mol. The van der Waals surface area contributed by atoms with Gasteiger partial charge in [-0.25, -0.2) is 8.42 Å². The number of rotatable bonds is 14. The number of aryl methyl sites for hydroxylation is 1. The first kappa shape index (κ1) is 33.7. The van der Waals surface area contributed by atoms with Crippen LogP contribution >= 0.6 is 11.6 Å². The Balaban J connectivity index is 1.79. The summed E-state index contributed by atoms with van der Waals surface area (Å²) in [7, 11) is -4.14. The first-order valence-corrected chi connectivity index (χ1v) is 16.9. The van der Waals surface area contributed by atoms with Gasteiger partial charge in [0, 0.05) is 24.5 Å². The summed E-state index contributed by atoms with van der Waals surface area (Å²) >= 11 is 6.31. The Morgan fingerprint density at radius 2 is 1.42 bits per heavy atom. The topological polar surface area (TPSA) is 86.8 Å². The predicted octanol–water partition coefficient (Wildman–Crippen LogP) is 6.51. The van der Waals surface area contributed by atoms with E-state index in [1.807, 2.05) is 69.3 Å². The molecule has 1 N–H and O–H groups in total. The molecule has 0 bridgehead atoms. The van der Waals surface area contributed by atoms with Gasteiger partial charge in [-0.1, -0.05) is 105 Å². The van der Waals surface area contributed by atoms with Gasteiger partial charge in [-0.15, -0.1) is 0 Å². The fraction of sp³-hybridized carbons (Fsp3) is 0.278. The third-order valence-electron chi connectivity index (χ3n) is 7.44. The van der Waals surface area contributed by atoms with Crippen molar-refractivity contribution in [3.05, 3.63) is 131 Å². The molecule has 0 spiro atoms. The molecule has 0 unspecified atom stereocenters. The van der Waals surface area contributed by atoms with Crippen molar-refractivity contribution in [3.8, 4) is 0 Å². The van der Waals surface area contributed by atoms with Crippen LogP contribution in [0.1, 0.15) is 37.5 Å². The highest BCUT2D eigenvalue weighted by Gasteiger charge is 2.34. The summed E-state index contributed by atoms with van der Waals surface area (Å²) in [5.74, 6) is -0.636. The predicted molar refractivity (Wildman–Crippen MR) is 181 cm³/mol. The second-order valence-corrected chi connectivity index (χ2v) is 13.6. The number of nitrogens with zero attached hydrogens (tertiary/aromatic N) is 2. The molecule has 4 rings (SSSR count). The summed E-state index contributed by atoms with van der Waals surface area (Å²) in [6.45, 7) is 5.99. The largest absolute Gasteiger partial charge is 0.354 e. The number of halogens is 1. The molecule has 0 saturated heterocycles. The lowest BCUT2D eigenvalue weighted by atomic mass is 10.0. The maximum absolute atomic E-state index is 14.5. The second-order valence-electron chi connectivity index (χ2n) is 11.3. The van der Waals surface area contributed by atoms with E-state index in [-0.39, 0.29) is 29.7 Å². The minimum absolute atomic E-state index is 0.0555. The second kappa shape index (κ2) is 15.7. The van der Waals surface area contributed by atoms with Gasteiger partial charge in [0.1, 0.15) is 12.6 Å². The normalized spacial score (nSPS) is 12.0. The Bertz CT molecular complexity index is 1660. The van der Waals surface area contributed by atoms with E-state index < -0.39 is 28.5 Å². The minimum atomic E-state index is -4.14. The number of carbonyl (C=O) groups excluding carboxylic acids is 2. The summed E-state index contributed by atoms with van der Waals surface area (Å²) in [5.41, 5.74) is 2.98. The van der Waals surface area contributed by atoms with Crippen LogP contribution in [0.3, 0.4) is 0 Å². The van der Waals surface area contributed by atoms with E-state index in [0.29, 0.717) is 17.3 Å². The SMILES string of the molecule is CCc1ccc(N(CC(=O)N(Cc2cccc(Cl)c2)[C@H](Cc2ccccc2)C(=O)NCC(C)C)S(=O)(=O)c2ccccc2)cc1. The van der Waals surface area contributed by atoms with Gasteiger partial charge >= 0.3 is 0 Å². The van der Waals surface area contributed by atoms with Crippen molar-refractivity contribution in [2.75, 3.05) is 17.4 Å². The average molecular weight is 646 g/mol. The van der Waals surface area contributed by atoms with Gasteiger partial charge in [0.15, 0.2) is 0 Å². The first-order valence-electron chi connectivity index (χ1n) is 15.1. The molecule has 236 valence electrons. The summed E-state index contributed by atoms with van der Waals surface area (Å²) in [5, 5.41) is 3.49. The van der Waals surface area contributed by atoms with E-state index in [0.717, 1.165) is 27.4 Å². The van der Waals surface area contributed by atoms with E-state index in [2.05, 4.69) is 5.32 Å². The first-order chi connectivity index (χ1) is 21.6. The van der Waals surface area contributed by atoms with Crippen molar-refractivity contribution in [1.29, 1.82) is 0 Å². The van der Waals surface area contributed by atoms with Crippen molar-refractivity contribution >= 4 is 39.1 Å². The standard InChI is InChI=1S/C36H40ClN3O4S/c1-4-28-18-20-32(21-19-28)40(45(43,44)33-16-9-6-10-17-33)26-35(41)39(25-30-14-11-15-31(37)22-30)34(36(42)38-24-27(2)3)23-29-12-7-5-8-13-29/h5-22,27,34H,4,23-26H2,1-3H3,(H,38,42)/t34-/m1/s1. The number of nitrogens with one attached hydrogen (secondary N) is 1. The third kappa shape index (κ3) is 9.19. The highest BCUT2D eigenvalue weighted by molar-refractivity contribution is 7.92. The van der Waals surface area contributed by atoms with E-state index >= 15 is 0 Å². The molecule has 0 heterocycles. The molecule has 0 saturated carbocycles. The smallest absolute Gasteiger partial charge is 0.264 e. The van der Waals surface area contributed by atoms with Crippen LogP contribution in [0.15, 0.2) is 114 Å². The zero-order chi connectivity index (χ0) is 32.4. The molecule has 0 aliphatic carbocycles. The molecule has 1 atom stereocenters. The van der Waals surface area contributed by atoms with Gasteiger partial charge in [0.2, 0.25) is 11.8 Å². The van der Waals surface area contributed by atoms with Gasteiger partial charge in [-0.2, -0.15) is 0 Å². The van der Waals surface area contributed by atoms with Crippen LogP contribution in [0.2, 0.25) is 5.02 Å². The number of hydrogen-bond acceptors (Lipinski definition) is 4. The molecule has 4 aromatic rings. The molecule has 2 amide bonds. The Hall–Kier alpha value is -4.14. The molecule has 7 nitrogen and oxygen atoms in total. The molecule has 45 heavy (non-hydrogen) atoms. The van der Waals surface area contributed by atoms with Gasteiger partial charge in [0.25, 0.3) is 10.0 Å². The maximum atomic E-state index is 14.5. The number of hydrogen-bond donors (Lipinski definition) is 1. The Labute approximate surface area is 271 Å². The molecule has 0 radical (unpaired) electrons. The van der Waals surface area contributed by atoms with Crippen molar-refractivity contribution in [2.24, 2.45) is 5.92 Å². The van der Waals surface area contributed by atoms with Crippen LogP contribution in [-0.2, 0) is 39.0 Å². The van der Waals surface area contributed by atoms with Gasteiger partial charge < -0.3 is 10.2 Å². The highest BCUT2D eigenvalue weighted by atomic mass is 35.5. The van der Waals surface area contributed by atoms with Crippen molar-refractivity contribution in [1.82, 2.24) is 10.2 Å². The van der Waals surface area contributed by atoms with Crippen LogP contribution in [0.4, 0.5) is 5.69 Å². The van der Waals surface area contributed by atoms with Crippen molar-refractivity contribution in [3.63, 3.8) is 0 Å². The van der Waals surface area contributed by atoms with E-state index in [1.165, 1.54) is 17.0 Å². The van der Waals surface area contributed by atoms with Gasteiger partial charge in [0.05, 0.1) is 10.6 Å². The molecule has 0 aliphatic rings. The fourth-order valence-electron chi connectivity index (χ4n) is 4.95. The lowest BCUT2D eigenvalue weighted by Crippen LogP contribution is -2.53. The summed E-state index contributed by atoms with van der Waals surface area (Å²) in [6.07, 6.45) is 1.03. The zero-order valence-corrected chi connectivity index (χ0v) is 27.5. The van der Waals surface area contributed by atoms with Gasteiger partial charge in [-0.3, -0.25) is 13.9 Å². The third-order valence-corrected chi connectivity index (χ3v) is 9.46. The molecule has 0 aliphatic heterocycles. The molecular formula is C36H40ClN3O4S. The number of benzene rings is 4. The van der Waals surface area contributed by atoms with Crippen LogP contribution < -0.4 is 9.62 Å². The summed E-state index contributed by atoms with van der Waals surface area (Å²) in [6, 6.07) is 30.8. The van der Waals surface area contributed by atoms with E-state index in [9.17, 15) is 18.0 Å². The quantitative estimate of drug-likeness (QED) is 0.169. The lowest BCUT2D eigenvalue weighted by molar-refractivity contribution is -0.140. The summed E-state index contributed by atoms with van der Waals surface area (Å²) < 4.78 is 29.3. The number of carbonyl (C=O) groups is 2. The molecular weight excluding hydrogens is 606 g/mol. The Morgan fingerprint density at radius 3 is 2.02 bits per heavy atom. The Morgan fingerprint density at radius 1 is 0.800 bits per heavy atom. The molecule has 0 fully saturated rings. The van der Waals surface area contributed by atoms with E-state index in [4.69, 9.17) is 11.6 Å². The van der Waals surface area contributed by atoms with Crippen molar-refractivity contribution < 1.29 is 18.0 Å². The molecule has 4 aromatic carbocycles. The Kier molecular flexibility index (Phi) is 11.8. The number of amides is 2. The maximum Gasteiger partial charge on any atom is 0.264 e. The summed E-state index contributed by atoms with van der Waals surface area (Å²) in [4.78, 5) is 29.9. The van der Waals surface area contributed by atoms with Gasteiger partial charge in [-0.05, 0) is 65.4 Å². The van der Waals surface area contributed by atoms with Crippen LogP contribution in [0.25, 0.3) is 0 Å².